The number of H-pyrrole nitrogens is 2. The van der Waals surface area contributed by atoms with Gasteiger partial charge < -0.3 is 120 Å². The van der Waals surface area contributed by atoms with Crippen LogP contribution < -0.4 is 90.1 Å². The van der Waals surface area contributed by atoms with Gasteiger partial charge in [-0.25, -0.2) is 9.37 Å². The number of aromatic nitrogens is 2. The minimum atomic E-state index is -1.35. The van der Waals surface area contributed by atoms with Crippen molar-refractivity contribution < 1.29 is 106 Å². The number of carboxylic acids is 2. The van der Waals surface area contributed by atoms with Gasteiger partial charge in [0.15, 0.2) is 0 Å². The molecule has 4 aliphatic rings. The maximum Gasteiger partial charge on any atom is 0.336 e. The molecule has 0 spiro atoms. The fourth-order valence-electron chi connectivity index (χ4n) is 17.3. The summed E-state index contributed by atoms with van der Waals surface area (Å²) in [5.74, 6) is -13.1. The van der Waals surface area contributed by atoms with Crippen molar-refractivity contribution >= 4 is 166 Å². The monoisotopic (exact) mass is 2080 g/mol. The molecule has 3 aliphatic heterocycles. The Morgan fingerprint density at radius 2 is 1.24 bits per heavy atom. The predicted octanol–water partition coefficient (Wildman–Crippen LogP) is 5.00. The number of nitrogens with one attached hydrogen (secondary N) is 14. The van der Waals surface area contributed by atoms with Crippen LogP contribution in [0.1, 0.15) is 169 Å². The second-order valence-corrected chi connectivity index (χ2v) is 40.5. The van der Waals surface area contributed by atoms with Crippen molar-refractivity contribution in [3.05, 3.63) is 173 Å². The highest BCUT2D eigenvalue weighted by atomic mass is 33.1. The lowest BCUT2D eigenvalue weighted by molar-refractivity contribution is -0.141. The number of hydrogen-bond acceptors (Lipinski definition) is 23. The van der Waals surface area contributed by atoms with E-state index in [1.54, 1.807) is 50.5 Å². The number of ketones is 1. The number of carbonyl (C=O) groups excluding carboxylic acids is 16. The van der Waals surface area contributed by atoms with Crippen LogP contribution in [0.25, 0.3) is 55.2 Å². The zero-order valence-electron chi connectivity index (χ0n) is 84.8. The minimum absolute atomic E-state index is 0.00217. The molecule has 792 valence electrons. The van der Waals surface area contributed by atoms with Gasteiger partial charge in [0, 0.05) is 171 Å². The molecule has 43 heteroatoms. The molecule has 41 nitrogen and oxygen atoms in total. The summed E-state index contributed by atoms with van der Waals surface area (Å²) in [5, 5.41) is 64.8. The van der Waals surface area contributed by atoms with Crippen molar-refractivity contribution in [2.45, 2.75) is 211 Å². The Hall–Kier alpha value is -15.2. The normalized spacial score (nSPS) is 17.3. The largest absolute Gasteiger partial charge is 0.508 e. The number of nitrogens with zero attached hydrogens (tertiary/aromatic N) is 3. The summed E-state index contributed by atoms with van der Waals surface area (Å²) in [6, 6.07) is 24.3. The highest BCUT2D eigenvalue weighted by molar-refractivity contribution is 8.76. The number of aromatic hydroxyl groups is 1. The minimum Gasteiger partial charge on any atom is -0.508 e. The first kappa shape index (κ1) is 115. The fraction of sp³-hybridized carbons (Fsp3) is 0.438. The topological polar surface area (TPSA) is 619 Å². The molecule has 12 atom stereocenters. The van der Waals surface area contributed by atoms with E-state index in [1.165, 1.54) is 64.7 Å². The van der Waals surface area contributed by atoms with Gasteiger partial charge in [-0.3, -0.25) is 76.7 Å². The number of fused-ring (bicyclic) bond motifs is 5. The number of phenolic OH excluding ortho intramolecular Hbond substituents is 1. The molecule has 5 heterocycles. The zero-order valence-corrected chi connectivity index (χ0v) is 86.4. The Labute approximate surface area is 863 Å². The molecule has 0 radical (unpaired) electrons. The number of amides is 15. The number of anilines is 1. The third kappa shape index (κ3) is 32.7. The molecule has 2 fully saturated rings. The molecular formula is C105H134N19O22S2+. The van der Waals surface area contributed by atoms with Crippen LogP contribution in [0.2, 0.25) is 0 Å². The van der Waals surface area contributed by atoms with Gasteiger partial charge in [0.2, 0.25) is 88.1 Å². The average Bonchev–Trinajstić information content (AvgIpc) is 0.957. The van der Waals surface area contributed by atoms with Crippen LogP contribution in [0.4, 0.5) is 5.69 Å². The highest BCUT2D eigenvalue weighted by Crippen LogP contribution is 2.43. The van der Waals surface area contributed by atoms with E-state index in [-0.39, 0.29) is 117 Å². The summed E-state index contributed by atoms with van der Waals surface area (Å²) < 4.78 is 8.35. The number of hydrogen-bond donors (Lipinski definition) is 19. The Bertz CT molecular complexity index is 6390. The molecule has 7 aromatic rings. The van der Waals surface area contributed by atoms with Crippen LogP contribution in [0.5, 0.6) is 5.75 Å². The Kier molecular flexibility index (Phi) is 42.5. The van der Waals surface area contributed by atoms with Crippen molar-refractivity contribution in [2.75, 3.05) is 71.3 Å². The molecule has 0 bridgehead atoms. The van der Waals surface area contributed by atoms with Gasteiger partial charge in [0.05, 0.1) is 18.2 Å². The van der Waals surface area contributed by atoms with Crippen LogP contribution in [0, 0.1) is 17.8 Å². The third-order valence-electron chi connectivity index (χ3n) is 25.7. The summed E-state index contributed by atoms with van der Waals surface area (Å²) in [7, 11) is 11.4. The summed E-state index contributed by atoms with van der Waals surface area (Å²) >= 11 is 0. The Morgan fingerprint density at radius 3 is 1.86 bits per heavy atom. The van der Waals surface area contributed by atoms with Crippen LogP contribution in [-0.2, 0) is 96.0 Å². The van der Waals surface area contributed by atoms with Crippen LogP contribution in [0.3, 0.4) is 0 Å². The average molecular weight is 2080 g/mol. The molecule has 11 rings (SSSR count). The standard InChI is InChI=1S/C53H61N9O11.C52H72N10O11S2/c1-55-50(68)40(21-23-47(65)66)59-52(70)42(26-31-29-57-39-12-9-8-11-34(31)39)60-51(69)41(20-22-45(54)63)58-46(64)13-7-6-10-24-56-49(67)30-14-17-35(53(71)72)38(25-30)48-36-18-15-32(61(2)3)27-43(36)73-44-28-33(62(4)5)16-19-37(44)48;1-7-29(4)44(51(72)57-37(45(53)66)19-14-31(6)63)61-48(69)40(23-33-24-54-36-12-9-8-11-35(33)36)58-49(70)41-27-75-74-26-30(5)52(73)62-20-10-13-42(62)50(71)59-39(22-32-15-17-34(64)18-16-32)46(67)55-25-43(65)56-38(21-28(2)3)47(68)60-41/h8-9,11-12,14-19,25,27-29,40-42,57H,6-7,10,13,20-24,26H2,1-5H3,(H8-,54,55,56,58,59,60,63,64,65,66,67,68,69,70,71,72);8-9,11-12,15-18,24,28-30,37-42,44,54,64H,7,10,13-14,19-23,25-27H2,1-6H3,(H2,53,66)(H,55,67)(H,56,65)(H,57,72)(H,58,70)(H,59,71)(H,60,68)(H,61,69)/p+1/t40-,41-,42-;29?,30-,37-,38-,39-,40-,41-,42-,44-/m00/s1. The van der Waals surface area contributed by atoms with E-state index in [1.807, 2.05) is 137 Å². The molecule has 2 saturated heterocycles. The number of rotatable bonds is 42. The summed E-state index contributed by atoms with van der Waals surface area (Å²) in [5.41, 5.74) is 17.7. The second kappa shape index (κ2) is 54.8. The van der Waals surface area contributed by atoms with E-state index < -0.39 is 180 Å². The van der Waals surface area contributed by atoms with E-state index in [4.69, 9.17) is 15.9 Å². The number of carboxylic acid groups (broad SMARTS) is 2. The molecule has 1 unspecified atom stereocenters. The van der Waals surface area contributed by atoms with E-state index in [9.17, 15) is 102 Å². The number of benzene rings is 6. The van der Waals surface area contributed by atoms with Crippen molar-refractivity contribution in [2.24, 2.45) is 29.2 Å². The Balaban J connectivity index is 0.000000303. The molecule has 0 saturated carbocycles. The smallest absolute Gasteiger partial charge is 0.336 e. The van der Waals surface area contributed by atoms with Crippen LogP contribution in [-0.4, -0.2) is 263 Å². The highest BCUT2D eigenvalue weighted by Gasteiger charge is 2.41. The summed E-state index contributed by atoms with van der Waals surface area (Å²) in [6.45, 7) is 10.2. The van der Waals surface area contributed by atoms with Gasteiger partial charge in [0.25, 0.3) is 5.91 Å². The molecule has 1 aliphatic carbocycles. The summed E-state index contributed by atoms with van der Waals surface area (Å²) in [4.78, 5) is 250. The second-order valence-electron chi connectivity index (χ2n) is 37.9. The number of Topliss-reactive ketones (excluding diaryl/α,β-unsaturated/α-hetero) is 1. The molecule has 21 N–H and O–H groups in total. The molecular weight excluding hydrogens is 1940 g/mol. The van der Waals surface area contributed by atoms with E-state index in [2.05, 4.69) is 73.8 Å². The van der Waals surface area contributed by atoms with E-state index in [0.29, 0.717) is 95.2 Å². The number of aromatic carboxylic acids is 1. The van der Waals surface area contributed by atoms with Crippen LogP contribution in [0.15, 0.2) is 144 Å². The molecule has 5 aromatic carbocycles. The first-order chi connectivity index (χ1) is 70.5. The number of nitrogens with two attached hydrogens (primary N) is 2. The van der Waals surface area contributed by atoms with Crippen molar-refractivity contribution in [3.8, 4) is 28.2 Å². The van der Waals surface area contributed by atoms with Gasteiger partial charge >= 0.3 is 11.9 Å². The number of aliphatic carboxylic acids is 1. The molecule has 15 amide bonds. The Morgan fingerprint density at radius 1 is 0.615 bits per heavy atom. The molecule has 148 heavy (non-hydrogen) atoms. The van der Waals surface area contributed by atoms with E-state index in [0.717, 1.165) is 32.9 Å². The van der Waals surface area contributed by atoms with Gasteiger partial charge in [-0.2, -0.15) is 0 Å². The first-order valence-corrected chi connectivity index (χ1v) is 51.7. The van der Waals surface area contributed by atoms with Crippen LogP contribution >= 0.6 is 21.6 Å². The lowest BCUT2D eigenvalue weighted by atomic mass is 9.89. The van der Waals surface area contributed by atoms with E-state index >= 15 is 0 Å². The maximum atomic E-state index is 14.7. The third-order valence-corrected chi connectivity index (χ3v) is 28.3. The van der Waals surface area contributed by atoms with Gasteiger partial charge in [-0.05, 0) is 153 Å². The SMILES string of the molecule is CCC(C)[C@H](NC(=O)[C@H](Cc1c[nH]c2ccccc12)NC(=O)[C@@H]1CSSC[C@H](C)C(=O)N2CCC[C@H]2C(=O)N[C@@H](Cc2ccc(O)cc2)C(=O)NCC(=O)N[C@@H](CC(C)C)C(=O)N1)C(=O)N[C@@H](CCC(C)=O)C(N)=O.CNC(=O)[C@H](CCC(=O)O)NC(=O)[C@H](Cc1c[nH]c2ccccc12)NC(=O)[C@H](CCC(N)=O)NC(=O)CCCCCNC(=O)c1ccc(C(=O)O)c(-c2c3ccc(=[N+](C)C)cc-3oc3cc(N(C)C)ccc23)c1. The number of primary amides is 2. The number of carbonyl (C=O) groups is 18. The summed E-state index contributed by atoms with van der Waals surface area (Å²) in [6.07, 6.45) is 4.80. The number of para-hydroxylation sites is 2. The number of aromatic amines is 2. The van der Waals surface area contributed by atoms with Crippen molar-refractivity contribution in [3.63, 3.8) is 0 Å². The zero-order chi connectivity index (χ0) is 108. The number of unbranched alkanes of at least 4 members (excludes halogenated alkanes) is 2. The first-order valence-electron chi connectivity index (χ1n) is 49.3. The quantitative estimate of drug-likeness (QED) is 0.0104. The van der Waals surface area contributed by atoms with Crippen molar-refractivity contribution in [1.29, 1.82) is 0 Å². The molecule has 2 aromatic heterocycles. The number of phenols is 1. The fourth-order valence-corrected chi connectivity index (χ4v) is 19.8. The lowest BCUT2D eigenvalue weighted by Gasteiger charge is -2.29. The predicted molar refractivity (Wildman–Crippen MR) is 560 cm³/mol. The van der Waals surface area contributed by atoms with Gasteiger partial charge in [-0.1, -0.05) is 118 Å². The van der Waals surface area contributed by atoms with Gasteiger partial charge in [0.1, 0.15) is 97.4 Å². The lowest BCUT2D eigenvalue weighted by Crippen LogP contribution is -2.61. The van der Waals surface area contributed by atoms with Gasteiger partial charge in [-0.15, -0.1) is 0 Å². The number of likely N-dealkylation sites (N-methyl/N-ethyl adjacent to an activating group) is 1. The van der Waals surface area contributed by atoms with Crippen molar-refractivity contribution in [1.82, 2.24) is 83.2 Å². The maximum absolute atomic E-state index is 14.7.